The van der Waals surface area contributed by atoms with Crippen LogP contribution in [0, 0.1) is 0 Å². The Morgan fingerprint density at radius 1 is 0.794 bits per heavy atom. The third-order valence-corrected chi connectivity index (χ3v) is 6.16. The molecule has 1 N–H and O–H groups in total. The van der Waals surface area contributed by atoms with Crippen LogP contribution in [-0.2, 0) is 9.59 Å². The zero-order valence-electron chi connectivity index (χ0n) is 19.2. The van der Waals surface area contributed by atoms with Crippen LogP contribution in [0.2, 0.25) is 0 Å². The van der Waals surface area contributed by atoms with Crippen molar-refractivity contribution in [3.63, 3.8) is 0 Å². The van der Waals surface area contributed by atoms with E-state index in [0.717, 1.165) is 18.8 Å². The molecule has 3 aromatic rings. The fourth-order valence-corrected chi connectivity index (χ4v) is 4.49. The van der Waals surface area contributed by atoms with Crippen molar-refractivity contribution in [2.24, 2.45) is 0 Å². The Labute approximate surface area is 199 Å². The van der Waals surface area contributed by atoms with Gasteiger partial charge >= 0.3 is 0 Å². The lowest BCUT2D eigenvalue weighted by Gasteiger charge is -2.18. The van der Waals surface area contributed by atoms with Gasteiger partial charge in [0.2, 0.25) is 0 Å². The van der Waals surface area contributed by atoms with Crippen LogP contribution in [0.25, 0.3) is 5.57 Å². The summed E-state index contributed by atoms with van der Waals surface area (Å²) < 4.78 is 5.50. The molecule has 6 nitrogen and oxygen atoms in total. The van der Waals surface area contributed by atoms with Crippen molar-refractivity contribution in [3.8, 4) is 5.75 Å². The van der Waals surface area contributed by atoms with Crippen LogP contribution in [0.15, 0.2) is 84.6 Å². The smallest absolute Gasteiger partial charge is 0.282 e. The summed E-state index contributed by atoms with van der Waals surface area (Å²) in [6.07, 6.45) is 2.43. The third kappa shape index (κ3) is 4.15. The summed E-state index contributed by atoms with van der Waals surface area (Å²) in [5.41, 5.74) is 3.78. The van der Waals surface area contributed by atoms with Gasteiger partial charge in [0, 0.05) is 24.5 Å². The van der Waals surface area contributed by atoms with Gasteiger partial charge in [0.05, 0.1) is 17.9 Å². The number of carbonyl (C=O) groups excluding carboxylic acids is 2. The zero-order valence-corrected chi connectivity index (χ0v) is 19.2. The van der Waals surface area contributed by atoms with Gasteiger partial charge < -0.3 is 15.0 Å². The van der Waals surface area contributed by atoms with Crippen LogP contribution in [-0.4, -0.2) is 31.5 Å². The van der Waals surface area contributed by atoms with Gasteiger partial charge in [-0.1, -0.05) is 30.3 Å². The molecular weight excluding hydrogens is 426 g/mol. The lowest BCUT2D eigenvalue weighted by Crippen LogP contribution is -2.32. The molecule has 1 fully saturated rings. The van der Waals surface area contributed by atoms with Crippen molar-refractivity contribution >= 4 is 34.4 Å². The highest BCUT2D eigenvalue weighted by atomic mass is 16.5. The lowest BCUT2D eigenvalue weighted by atomic mass is 10.0. The van der Waals surface area contributed by atoms with Gasteiger partial charge in [-0.15, -0.1) is 0 Å². The Morgan fingerprint density at radius 2 is 1.44 bits per heavy atom. The van der Waals surface area contributed by atoms with E-state index in [4.69, 9.17) is 4.74 Å². The lowest BCUT2D eigenvalue weighted by molar-refractivity contribution is -0.120. The molecule has 1 saturated heterocycles. The molecule has 0 unspecified atom stereocenters. The van der Waals surface area contributed by atoms with E-state index >= 15 is 0 Å². The largest absolute Gasteiger partial charge is 0.494 e. The first kappa shape index (κ1) is 21.8. The number of amides is 2. The zero-order chi connectivity index (χ0) is 23.5. The first-order valence-corrected chi connectivity index (χ1v) is 11.7. The van der Waals surface area contributed by atoms with E-state index in [-0.39, 0.29) is 17.5 Å². The number of hydrogen-bond acceptors (Lipinski definition) is 5. The number of nitrogens with zero attached hydrogens (tertiary/aromatic N) is 2. The molecule has 2 aliphatic rings. The molecule has 34 heavy (non-hydrogen) atoms. The molecule has 0 radical (unpaired) electrons. The topological polar surface area (TPSA) is 61.9 Å². The van der Waals surface area contributed by atoms with Gasteiger partial charge in [-0.2, -0.15) is 0 Å². The fraction of sp³-hybridized carbons (Fsp3) is 0.214. The summed E-state index contributed by atoms with van der Waals surface area (Å²) >= 11 is 0. The monoisotopic (exact) mass is 453 g/mol. The Morgan fingerprint density at radius 3 is 2.09 bits per heavy atom. The number of nitrogens with one attached hydrogen (secondary N) is 1. The summed E-state index contributed by atoms with van der Waals surface area (Å²) in [7, 11) is 0. The highest BCUT2D eigenvalue weighted by molar-refractivity contribution is 6.46. The predicted octanol–water partition coefficient (Wildman–Crippen LogP) is 5.08. The second-order valence-corrected chi connectivity index (χ2v) is 8.35. The van der Waals surface area contributed by atoms with Gasteiger partial charge in [-0.3, -0.25) is 9.59 Å². The molecule has 2 heterocycles. The molecule has 3 aromatic carbocycles. The van der Waals surface area contributed by atoms with E-state index in [9.17, 15) is 9.59 Å². The van der Waals surface area contributed by atoms with Crippen LogP contribution in [0.1, 0.15) is 25.3 Å². The van der Waals surface area contributed by atoms with E-state index in [1.165, 1.54) is 23.4 Å². The first-order valence-electron chi connectivity index (χ1n) is 11.7. The van der Waals surface area contributed by atoms with Gasteiger partial charge in [0.15, 0.2) is 0 Å². The maximum atomic E-state index is 13.5. The Hall–Kier alpha value is -4.06. The van der Waals surface area contributed by atoms with Crippen LogP contribution < -0.4 is 19.9 Å². The van der Waals surface area contributed by atoms with Crippen molar-refractivity contribution in [2.45, 2.75) is 19.8 Å². The maximum absolute atomic E-state index is 13.5. The molecule has 0 spiro atoms. The number of benzene rings is 3. The normalized spacial score (nSPS) is 15.9. The van der Waals surface area contributed by atoms with Gasteiger partial charge in [-0.25, -0.2) is 4.90 Å². The van der Waals surface area contributed by atoms with Gasteiger partial charge in [0.25, 0.3) is 11.8 Å². The number of imide groups is 1. The minimum atomic E-state index is -0.378. The summed E-state index contributed by atoms with van der Waals surface area (Å²) in [6, 6.07) is 24.3. The van der Waals surface area contributed by atoms with Crippen LogP contribution in [0.5, 0.6) is 5.75 Å². The molecule has 0 aliphatic carbocycles. The molecular formula is C28H27N3O3. The summed E-state index contributed by atoms with van der Waals surface area (Å²) in [5, 5.41) is 3.24. The van der Waals surface area contributed by atoms with Gasteiger partial charge in [0.1, 0.15) is 11.4 Å². The second kappa shape index (κ2) is 9.43. The van der Waals surface area contributed by atoms with E-state index < -0.39 is 0 Å². The standard InChI is InChI=1S/C28H27N3O3/c1-2-34-24-16-14-23(15-17-24)31-27(32)25(20-8-4-3-5-9-20)26(28(31)33)29-21-10-12-22(13-11-21)30-18-6-7-19-30/h3-5,8-17,29H,2,6-7,18-19H2,1H3. The molecule has 0 saturated carbocycles. The highest BCUT2D eigenvalue weighted by Gasteiger charge is 2.40. The van der Waals surface area contributed by atoms with E-state index in [1.807, 2.05) is 49.4 Å². The van der Waals surface area contributed by atoms with Crippen molar-refractivity contribution in [1.29, 1.82) is 0 Å². The van der Waals surface area contributed by atoms with Crippen molar-refractivity contribution in [3.05, 3.63) is 90.1 Å². The molecule has 172 valence electrons. The molecule has 2 aliphatic heterocycles. The quantitative estimate of drug-likeness (QED) is 0.506. The van der Waals surface area contributed by atoms with Crippen LogP contribution in [0.3, 0.4) is 0 Å². The van der Waals surface area contributed by atoms with Crippen LogP contribution in [0.4, 0.5) is 17.1 Å². The third-order valence-electron chi connectivity index (χ3n) is 6.16. The molecule has 0 bridgehead atoms. The fourth-order valence-electron chi connectivity index (χ4n) is 4.49. The summed E-state index contributed by atoms with van der Waals surface area (Å²) in [5.74, 6) is -0.0359. The Kier molecular flexibility index (Phi) is 6.04. The molecule has 5 rings (SSSR count). The average Bonchev–Trinajstić information content (AvgIpc) is 3.48. The molecule has 6 heteroatoms. The SMILES string of the molecule is CCOc1ccc(N2C(=O)C(Nc3ccc(N4CCCC4)cc3)=C(c3ccccc3)C2=O)cc1. The summed E-state index contributed by atoms with van der Waals surface area (Å²) in [4.78, 5) is 30.6. The average molecular weight is 454 g/mol. The minimum Gasteiger partial charge on any atom is -0.494 e. The Balaban J connectivity index is 1.47. The summed E-state index contributed by atoms with van der Waals surface area (Å²) in [6.45, 7) is 4.60. The molecule has 0 aromatic heterocycles. The number of rotatable bonds is 7. The number of carbonyl (C=O) groups is 2. The number of hydrogen-bond donors (Lipinski definition) is 1. The van der Waals surface area contributed by atoms with Crippen LogP contribution >= 0.6 is 0 Å². The van der Waals surface area contributed by atoms with Crippen molar-refractivity contribution < 1.29 is 14.3 Å². The Bertz CT molecular complexity index is 1210. The van der Waals surface area contributed by atoms with Crippen molar-refractivity contribution in [2.75, 3.05) is 34.8 Å². The first-order chi connectivity index (χ1) is 16.7. The van der Waals surface area contributed by atoms with E-state index in [2.05, 4.69) is 22.3 Å². The maximum Gasteiger partial charge on any atom is 0.282 e. The minimum absolute atomic E-state index is 0.277. The number of ether oxygens (including phenoxy) is 1. The highest BCUT2D eigenvalue weighted by Crippen LogP contribution is 2.34. The number of anilines is 3. The van der Waals surface area contributed by atoms with Crippen molar-refractivity contribution in [1.82, 2.24) is 0 Å². The predicted molar refractivity (Wildman–Crippen MR) is 135 cm³/mol. The van der Waals surface area contributed by atoms with E-state index in [1.54, 1.807) is 24.3 Å². The van der Waals surface area contributed by atoms with Gasteiger partial charge in [-0.05, 0) is 73.9 Å². The molecule has 0 atom stereocenters. The molecule has 2 amide bonds. The second-order valence-electron chi connectivity index (χ2n) is 8.35. The van der Waals surface area contributed by atoms with E-state index in [0.29, 0.717) is 29.2 Å².